The summed E-state index contributed by atoms with van der Waals surface area (Å²) < 4.78 is 0. The van der Waals surface area contributed by atoms with E-state index in [2.05, 4.69) is 17.8 Å². The van der Waals surface area contributed by atoms with Crippen LogP contribution in [0.2, 0.25) is 0 Å². The van der Waals surface area contributed by atoms with Crippen molar-refractivity contribution in [2.45, 2.75) is 0 Å². The molecule has 1 amide bonds. The largest absolute Gasteiger partial charge is 0.341 e. The molecular weight excluding hydrogens is 152 g/mol. The average molecular weight is 166 g/mol. The molecule has 0 heterocycles. The van der Waals surface area contributed by atoms with Gasteiger partial charge in [0.05, 0.1) is 13.1 Å². The van der Waals surface area contributed by atoms with Crippen molar-refractivity contribution in [3.63, 3.8) is 0 Å². The minimum Gasteiger partial charge on any atom is -0.341 e. The zero-order valence-electron chi connectivity index (χ0n) is 7.34. The number of hydrogen-bond acceptors (Lipinski definition) is 2. The predicted octanol–water partition coefficient (Wildman–Crippen LogP) is -0.146. The van der Waals surface area contributed by atoms with Crippen LogP contribution in [0.3, 0.4) is 0 Å². The van der Waals surface area contributed by atoms with E-state index in [1.54, 1.807) is 18.0 Å². The van der Waals surface area contributed by atoms with Gasteiger partial charge in [0.25, 0.3) is 0 Å². The quantitative estimate of drug-likeness (QED) is 0.350. The van der Waals surface area contributed by atoms with E-state index in [0.717, 1.165) is 0 Å². The zero-order valence-corrected chi connectivity index (χ0v) is 7.34. The molecule has 0 aromatic heterocycles. The molecule has 0 aliphatic heterocycles. The van der Waals surface area contributed by atoms with E-state index in [9.17, 15) is 4.79 Å². The smallest absolute Gasteiger partial charge is 0.236 e. The fourth-order valence-electron chi connectivity index (χ4n) is 0.672. The van der Waals surface area contributed by atoms with Crippen molar-refractivity contribution in [2.75, 3.05) is 26.7 Å². The van der Waals surface area contributed by atoms with Crippen molar-refractivity contribution in [3.8, 4) is 12.3 Å². The van der Waals surface area contributed by atoms with Gasteiger partial charge in [-0.1, -0.05) is 12.0 Å². The Morgan fingerprint density at radius 1 is 1.83 bits per heavy atom. The summed E-state index contributed by atoms with van der Waals surface area (Å²) >= 11 is 0. The second-order valence-corrected chi connectivity index (χ2v) is 2.37. The van der Waals surface area contributed by atoms with Crippen LogP contribution in [0.25, 0.3) is 0 Å². The summed E-state index contributed by atoms with van der Waals surface area (Å²) in [5.74, 6) is 2.41. The molecule has 0 radical (unpaired) electrons. The molecule has 1 N–H and O–H groups in total. The maximum atomic E-state index is 11.2. The third-order valence-corrected chi connectivity index (χ3v) is 1.33. The van der Waals surface area contributed by atoms with Gasteiger partial charge in [-0.15, -0.1) is 13.0 Å². The number of nitrogens with zero attached hydrogens (tertiary/aromatic N) is 1. The molecule has 0 unspecified atom stereocenters. The van der Waals surface area contributed by atoms with Gasteiger partial charge in [0.2, 0.25) is 5.91 Å². The van der Waals surface area contributed by atoms with Crippen LogP contribution >= 0.6 is 0 Å². The molecule has 0 bridgehead atoms. The molecule has 3 heteroatoms. The van der Waals surface area contributed by atoms with Gasteiger partial charge in [0.15, 0.2) is 0 Å². The summed E-state index contributed by atoms with van der Waals surface area (Å²) in [5, 5.41) is 2.81. The van der Waals surface area contributed by atoms with Crippen LogP contribution in [0.15, 0.2) is 12.7 Å². The third kappa shape index (κ3) is 4.53. The lowest BCUT2D eigenvalue weighted by molar-refractivity contribution is -0.128. The SMILES string of the molecule is C#CCNCC(=O)N(C)CC=C. The minimum atomic E-state index is 0.0187. The molecule has 0 spiro atoms. The van der Waals surface area contributed by atoms with Crippen LogP contribution < -0.4 is 5.32 Å². The molecule has 3 nitrogen and oxygen atoms in total. The summed E-state index contributed by atoms with van der Waals surface area (Å²) in [6.07, 6.45) is 6.68. The van der Waals surface area contributed by atoms with E-state index >= 15 is 0 Å². The highest BCUT2D eigenvalue weighted by Crippen LogP contribution is 1.82. The number of nitrogens with one attached hydrogen (secondary N) is 1. The lowest BCUT2D eigenvalue weighted by Gasteiger charge is -2.14. The van der Waals surface area contributed by atoms with Crippen LogP contribution in [0.4, 0.5) is 0 Å². The average Bonchev–Trinajstić information content (AvgIpc) is 2.05. The number of likely N-dealkylation sites (N-methyl/N-ethyl adjacent to an activating group) is 1. The van der Waals surface area contributed by atoms with Crippen LogP contribution in [0.5, 0.6) is 0 Å². The number of hydrogen-bond donors (Lipinski definition) is 1. The molecule has 0 saturated heterocycles. The van der Waals surface area contributed by atoms with E-state index in [1.807, 2.05) is 0 Å². The van der Waals surface area contributed by atoms with Crippen LogP contribution in [0, 0.1) is 12.3 Å². The van der Waals surface area contributed by atoms with Crippen LogP contribution in [-0.4, -0.2) is 37.5 Å². The highest BCUT2D eigenvalue weighted by molar-refractivity contribution is 5.78. The summed E-state index contributed by atoms with van der Waals surface area (Å²) in [6, 6.07) is 0. The van der Waals surface area contributed by atoms with Crippen molar-refractivity contribution in [1.29, 1.82) is 0 Å². The van der Waals surface area contributed by atoms with Gasteiger partial charge in [-0.2, -0.15) is 0 Å². The van der Waals surface area contributed by atoms with E-state index in [4.69, 9.17) is 6.42 Å². The highest BCUT2D eigenvalue weighted by atomic mass is 16.2. The highest BCUT2D eigenvalue weighted by Gasteiger charge is 2.04. The first-order valence-corrected chi connectivity index (χ1v) is 3.71. The normalized spacial score (nSPS) is 8.67. The van der Waals surface area contributed by atoms with Crippen molar-refractivity contribution in [2.24, 2.45) is 0 Å². The maximum Gasteiger partial charge on any atom is 0.236 e. The van der Waals surface area contributed by atoms with Gasteiger partial charge >= 0.3 is 0 Å². The van der Waals surface area contributed by atoms with Gasteiger partial charge in [-0.05, 0) is 0 Å². The summed E-state index contributed by atoms with van der Waals surface area (Å²) in [7, 11) is 1.72. The second kappa shape index (κ2) is 6.44. The first kappa shape index (κ1) is 10.7. The standard InChI is InChI=1S/C9H14N2O/c1-4-6-10-8-9(12)11(3)7-5-2/h1,5,10H,2,6-8H2,3H3. The zero-order chi connectivity index (χ0) is 9.40. The Kier molecular flexibility index (Phi) is 5.76. The topological polar surface area (TPSA) is 32.3 Å². The first-order chi connectivity index (χ1) is 5.72. The van der Waals surface area contributed by atoms with E-state index in [0.29, 0.717) is 13.1 Å². The Bertz CT molecular complexity index is 193. The van der Waals surface area contributed by atoms with Crippen molar-refractivity contribution >= 4 is 5.91 Å². The maximum absolute atomic E-state index is 11.2. The van der Waals surface area contributed by atoms with E-state index in [-0.39, 0.29) is 12.5 Å². The van der Waals surface area contributed by atoms with Crippen LogP contribution in [-0.2, 0) is 4.79 Å². The summed E-state index contributed by atoms with van der Waals surface area (Å²) in [6.45, 7) is 4.81. The monoisotopic (exact) mass is 166 g/mol. The fraction of sp³-hybridized carbons (Fsp3) is 0.444. The number of amides is 1. The molecule has 0 aliphatic carbocycles. The summed E-state index contributed by atoms with van der Waals surface area (Å²) in [5.41, 5.74) is 0. The van der Waals surface area contributed by atoms with Crippen molar-refractivity contribution < 1.29 is 4.79 Å². The Morgan fingerprint density at radius 2 is 2.50 bits per heavy atom. The number of terminal acetylenes is 1. The molecule has 0 aliphatic rings. The molecule has 0 aromatic carbocycles. The molecular formula is C9H14N2O. The number of rotatable bonds is 5. The van der Waals surface area contributed by atoms with Gasteiger partial charge in [-0.3, -0.25) is 10.1 Å². The molecule has 0 aromatic rings. The molecule has 0 rings (SSSR count). The first-order valence-electron chi connectivity index (χ1n) is 3.71. The van der Waals surface area contributed by atoms with Gasteiger partial charge < -0.3 is 4.90 Å². The molecule has 66 valence electrons. The Hall–Kier alpha value is -1.27. The minimum absolute atomic E-state index is 0.0187. The Morgan fingerprint density at radius 3 is 3.00 bits per heavy atom. The molecule has 0 fully saturated rings. The van der Waals surface area contributed by atoms with Gasteiger partial charge in [-0.25, -0.2) is 0 Å². The third-order valence-electron chi connectivity index (χ3n) is 1.33. The van der Waals surface area contributed by atoms with Crippen LogP contribution in [0.1, 0.15) is 0 Å². The number of carbonyl (C=O) groups excluding carboxylic acids is 1. The lowest BCUT2D eigenvalue weighted by Crippen LogP contribution is -2.35. The Balaban J connectivity index is 3.58. The van der Waals surface area contributed by atoms with Gasteiger partial charge in [0.1, 0.15) is 0 Å². The van der Waals surface area contributed by atoms with E-state index < -0.39 is 0 Å². The molecule has 0 saturated carbocycles. The van der Waals surface area contributed by atoms with Crippen molar-refractivity contribution in [1.82, 2.24) is 10.2 Å². The Labute approximate surface area is 73.4 Å². The molecule has 0 atom stereocenters. The predicted molar refractivity (Wildman–Crippen MR) is 49.5 cm³/mol. The molecule has 12 heavy (non-hydrogen) atoms. The van der Waals surface area contributed by atoms with E-state index in [1.165, 1.54) is 0 Å². The number of carbonyl (C=O) groups is 1. The van der Waals surface area contributed by atoms with Gasteiger partial charge in [0, 0.05) is 13.6 Å². The fourth-order valence-corrected chi connectivity index (χ4v) is 0.672. The lowest BCUT2D eigenvalue weighted by atomic mass is 10.4. The second-order valence-electron chi connectivity index (χ2n) is 2.37. The summed E-state index contributed by atoms with van der Waals surface area (Å²) in [4.78, 5) is 12.7. The van der Waals surface area contributed by atoms with Crippen molar-refractivity contribution in [3.05, 3.63) is 12.7 Å².